The van der Waals surface area contributed by atoms with E-state index in [4.69, 9.17) is 44.9 Å². The molecule has 0 unspecified atom stereocenters. The van der Waals surface area contributed by atoms with E-state index in [1.165, 1.54) is 30.3 Å². The first-order valence-electron chi connectivity index (χ1n) is 10.0. The van der Waals surface area contributed by atoms with Crippen molar-refractivity contribution in [3.8, 4) is 11.5 Å². The summed E-state index contributed by atoms with van der Waals surface area (Å²) >= 11 is 17.2. The van der Waals surface area contributed by atoms with Gasteiger partial charge in [-0.15, -0.1) is 0 Å². The highest BCUT2D eigenvalue weighted by Crippen LogP contribution is 2.28. The Hall–Kier alpha value is -2.72. The van der Waals surface area contributed by atoms with Crippen LogP contribution in [-0.4, -0.2) is 34.3 Å². The molecule has 0 heterocycles. The van der Waals surface area contributed by atoms with Gasteiger partial charge >= 0.3 is 0 Å². The molecule has 11 heteroatoms. The van der Waals surface area contributed by atoms with E-state index in [9.17, 15) is 8.42 Å². The van der Waals surface area contributed by atoms with Gasteiger partial charge in [-0.25, -0.2) is 8.42 Å². The Labute approximate surface area is 214 Å². The summed E-state index contributed by atoms with van der Waals surface area (Å²) in [6, 6.07) is 16.4. The van der Waals surface area contributed by atoms with Gasteiger partial charge in [-0.2, -0.15) is 0 Å². The van der Waals surface area contributed by atoms with Crippen LogP contribution in [0.3, 0.4) is 0 Å². The summed E-state index contributed by atoms with van der Waals surface area (Å²) in [5, 5.41) is 7.24. The van der Waals surface area contributed by atoms with Crippen LogP contribution in [0, 0.1) is 0 Å². The van der Waals surface area contributed by atoms with Crippen LogP contribution in [-0.2, 0) is 16.4 Å². The molecule has 0 radical (unpaired) electrons. The molecular formula is C23H23Cl2N3O4S2. The number of methoxy groups -OCH3 is 2. The number of halogens is 2. The fraction of sp³-hybridized carbons (Fsp3) is 0.174. The van der Waals surface area contributed by atoms with Gasteiger partial charge in [-0.05, 0) is 78.8 Å². The molecule has 0 saturated heterocycles. The van der Waals surface area contributed by atoms with Crippen molar-refractivity contribution >= 4 is 61.9 Å². The zero-order valence-electron chi connectivity index (χ0n) is 18.4. The van der Waals surface area contributed by atoms with Gasteiger partial charge in [0.25, 0.3) is 10.0 Å². The second-order valence-electron chi connectivity index (χ2n) is 7.11. The molecule has 3 aromatic carbocycles. The molecule has 3 aromatic rings. The van der Waals surface area contributed by atoms with Crippen LogP contribution in [0.2, 0.25) is 10.0 Å². The lowest BCUT2D eigenvalue weighted by molar-refractivity contribution is 0.354. The van der Waals surface area contributed by atoms with Crippen LogP contribution >= 0.6 is 35.4 Å². The molecule has 180 valence electrons. The first-order valence-corrected chi connectivity index (χ1v) is 12.7. The average Bonchev–Trinajstić information content (AvgIpc) is 2.78. The summed E-state index contributed by atoms with van der Waals surface area (Å²) in [6.45, 7) is 0.597. The van der Waals surface area contributed by atoms with Gasteiger partial charge in [0.05, 0.1) is 24.8 Å². The van der Waals surface area contributed by atoms with Crippen molar-refractivity contribution in [2.75, 3.05) is 30.8 Å². The van der Waals surface area contributed by atoms with E-state index in [0.717, 1.165) is 12.0 Å². The van der Waals surface area contributed by atoms with Crippen molar-refractivity contribution in [2.45, 2.75) is 11.3 Å². The van der Waals surface area contributed by atoms with Crippen LogP contribution < -0.4 is 24.8 Å². The summed E-state index contributed by atoms with van der Waals surface area (Å²) in [7, 11) is -0.621. The van der Waals surface area contributed by atoms with Gasteiger partial charge in [0.2, 0.25) is 0 Å². The van der Waals surface area contributed by atoms with Gasteiger partial charge in [-0.1, -0.05) is 29.3 Å². The van der Waals surface area contributed by atoms with Crippen molar-refractivity contribution in [3.05, 3.63) is 76.3 Å². The Morgan fingerprint density at radius 2 is 1.53 bits per heavy atom. The van der Waals surface area contributed by atoms with Crippen LogP contribution in [0.4, 0.5) is 11.4 Å². The number of benzene rings is 3. The lowest BCUT2D eigenvalue weighted by Gasteiger charge is -2.13. The Kier molecular flexibility index (Phi) is 8.84. The fourth-order valence-corrected chi connectivity index (χ4v) is 4.86. The molecular weight excluding hydrogens is 517 g/mol. The maximum atomic E-state index is 12.6. The summed E-state index contributed by atoms with van der Waals surface area (Å²) < 4.78 is 38.3. The SMILES string of the molecule is COc1ccc(CCNC(=S)Nc2ccc(S(=O)(=O)Nc3cc(Cl)cc(Cl)c3)cc2)cc1OC. The Bertz CT molecular complexity index is 1250. The number of anilines is 2. The van der Waals surface area contributed by atoms with Gasteiger partial charge in [0.15, 0.2) is 16.6 Å². The van der Waals surface area contributed by atoms with Crippen molar-refractivity contribution in [1.29, 1.82) is 0 Å². The molecule has 0 aliphatic heterocycles. The van der Waals surface area contributed by atoms with Gasteiger partial charge in [0, 0.05) is 22.3 Å². The maximum Gasteiger partial charge on any atom is 0.261 e. The third-order valence-corrected chi connectivity index (χ3v) is 6.76. The summed E-state index contributed by atoms with van der Waals surface area (Å²) in [5.41, 5.74) is 1.99. The van der Waals surface area contributed by atoms with E-state index in [-0.39, 0.29) is 10.6 Å². The van der Waals surface area contributed by atoms with Gasteiger partial charge in [-0.3, -0.25) is 4.72 Å². The van der Waals surface area contributed by atoms with Crippen LogP contribution in [0.25, 0.3) is 0 Å². The van der Waals surface area contributed by atoms with E-state index in [1.807, 2.05) is 18.2 Å². The number of nitrogens with one attached hydrogen (secondary N) is 3. The number of hydrogen-bond donors (Lipinski definition) is 3. The summed E-state index contributed by atoms with van der Waals surface area (Å²) in [6.07, 6.45) is 0.721. The number of sulfonamides is 1. The Balaban J connectivity index is 1.54. The molecule has 0 bridgehead atoms. The fourth-order valence-electron chi connectivity index (χ4n) is 3.08. The third-order valence-electron chi connectivity index (χ3n) is 4.68. The van der Waals surface area contributed by atoms with Crippen molar-refractivity contribution < 1.29 is 17.9 Å². The zero-order chi connectivity index (χ0) is 24.7. The predicted octanol–water partition coefficient (Wildman–Crippen LogP) is 5.34. The van der Waals surface area contributed by atoms with Crippen LogP contribution in [0.1, 0.15) is 5.56 Å². The second-order valence-corrected chi connectivity index (χ2v) is 10.1. The zero-order valence-corrected chi connectivity index (χ0v) is 21.5. The topological polar surface area (TPSA) is 88.7 Å². The van der Waals surface area contributed by atoms with E-state index in [2.05, 4.69) is 15.4 Å². The molecule has 0 amide bonds. The second kappa shape index (κ2) is 11.6. The quantitative estimate of drug-likeness (QED) is 0.316. The lowest BCUT2D eigenvalue weighted by atomic mass is 10.1. The number of rotatable bonds is 9. The Morgan fingerprint density at radius 3 is 2.15 bits per heavy atom. The number of ether oxygens (including phenoxy) is 2. The van der Waals surface area contributed by atoms with Crippen molar-refractivity contribution in [2.24, 2.45) is 0 Å². The largest absolute Gasteiger partial charge is 0.493 e. The minimum absolute atomic E-state index is 0.0847. The molecule has 0 atom stereocenters. The van der Waals surface area contributed by atoms with Crippen molar-refractivity contribution in [3.63, 3.8) is 0 Å². The standard InChI is InChI=1S/C23H23Cl2N3O4S2/c1-31-21-8-3-15(11-22(21)32-2)9-10-26-23(33)27-18-4-6-20(7-5-18)34(29,30)28-19-13-16(24)12-17(25)14-19/h3-8,11-14,28H,9-10H2,1-2H3,(H2,26,27,33). The minimum atomic E-state index is -3.81. The lowest BCUT2D eigenvalue weighted by Crippen LogP contribution is -2.30. The highest BCUT2D eigenvalue weighted by atomic mass is 35.5. The smallest absolute Gasteiger partial charge is 0.261 e. The van der Waals surface area contributed by atoms with Crippen molar-refractivity contribution in [1.82, 2.24) is 5.32 Å². The summed E-state index contributed by atoms with van der Waals surface area (Å²) in [4.78, 5) is 0.0847. The molecule has 0 aliphatic rings. The van der Waals surface area contributed by atoms with Gasteiger partial charge < -0.3 is 20.1 Å². The van der Waals surface area contributed by atoms with Crippen LogP contribution in [0.5, 0.6) is 11.5 Å². The molecule has 0 spiro atoms. The van der Waals surface area contributed by atoms with E-state index < -0.39 is 10.0 Å². The molecule has 3 rings (SSSR count). The summed E-state index contributed by atoms with van der Waals surface area (Å²) in [5.74, 6) is 1.34. The van der Waals surface area contributed by atoms with E-state index in [0.29, 0.717) is 38.9 Å². The van der Waals surface area contributed by atoms with E-state index in [1.54, 1.807) is 26.4 Å². The minimum Gasteiger partial charge on any atom is -0.493 e. The molecule has 0 saturated carbocycles. The normalized spacial score (nSPS) is 10.9. The number of hydrogen-bond acceptors (Lipinski definition) is 5. The third kappa shape index (κ3) is 7.14. The molecule has 34 heavy (non-hydrogen) atoms. The first kappa shape index (κ1) is 25.9. The molecule has 0 fully saturated rings. The molecule has 7 nitrogen and oxygen atoms in total. The highest BCUT2D eigenvalue weighted by Gasteiger charge is 2.15. The molecule has 0 aliphatic carbocycles. The predicted molar refractivity (Wildman–Crippen MR) is 141 cm³/mol. The maximum absolute atomic E-state index is 12.6. The van der Waals surface area contributed by atoms with Crippen LogP contribution in [0.15, 0.2) is 65.6 Å². The van der Waals surface area contributed by atoms with Gasteiger partial charge in [0.1, 0.15) is 0 Å². The number of thiocarbonyl (C=S) groups is 1. The van der Waals surface area contributed by atoms with E-state index >= 15 is 0 Å². The molecule has 0 aromatic heterocycles. The monoisotopic (exact) mass is 539 g/mol. The highest BCUT2D eigenvalue weighted by molar-refractivity contribution is 7.92. The Morgan fingerprint density at radius 1 is 0.882 bits per heavy atom. The molecule has 3 N–H and O–H groups in total. The average molecular weight is 540 g/mol. The first-order chi connectivity index (χ1) is 16.2.